The number of aliphatic hydroxyl groups is 1. The van der Waals surface area contributed by atoms with E-state index in [1.165, 1.54) is 0 Å². The number of unbranched alkanes of at least 4 members (excludes halogenated alkanes) is 1. The van der Waals surface area contributed by atoms with Crippen molar-refractivity contribution in [1.29, 1.82) is 0 Å². The molecule has 8 heteroatoms. The number of fused-ring (bicyclic) bond motifs is 1. The Morgan fingerprint density at radius 3 is 2.39 bits per heavy atom. The van der Waals surface area contributed by atoms with Crippen molar-refractivity contribution in [1.82, 2.24) is 9.80 Å². The number of aliphatic hydroxyl groups excluding tert-OH is 1. The Kier molecular flexibility index (Phi) is 8.15. The van der Waals surface area contributed by atoms with E-state index in [2.05, 4.69) is 20.1 Å². The fourth-order valence-electron chi connectivity index (χ4n) is 7.04. The molecule has 1 spiro atoms. The fraction of sp³-hybridized carbons (Fsp3) is 0.567. The monoisotopic (exact) mass is 539 g/mol. The molecule has 0 aromatic heterocycles. The van der Waals surface area contributed by atoms with E-state index in [0.717, 1.165) is 23.2 Å². The third kappa shape index (κ3) is 4.39. The molecule has 0 saturated carbocycles. The number of thioether (sulfide) groups is 1. The molecule has 3 heterocycles. The molecule has 38 heavy (non-hydrogen) atoms. The van der Waals surface area contributed by atoms with E-state index < -0.39 is 27.4 Å². The largest absolute Gasteiger partial charge is 0.396 e. The summed E-state index contributed by atoms with van der Waals surface area (Å²) in [5, 5.41) is 9.42. The van der Waals surface area contributed by atoms with Gasteiger partial charge in [0.1, 0.15) is 6.04 Å². The van der Waals surface area contributed by atoms with Crippen molar-refractivity contribution >= 4 is 35.2 Å². The first kappa shape index (κ1) is 28.4. The van der Waals surface area contributed by atoms with Crippen LogP contribution in [0.3, 0.4) is 0 Å². The highest BCUT2D eigenvalue weighted by atomic mass is 32.2. The van der Waals surface area contributed by atoms with E-state index in [1.807, 2.05) is 32.0 Å². The number of carbonyl (C=O) groups is 3. The van der Waals surface area contributed by atoms with Gasteiger partial charge in [0.25, 0.3) is 5.91 Å². The van der Waals surface area contributed by atoms with Gasteiger partial charge in [0.15, 0.2) is 0 Å². The molecule has 206 valence electrons. The quantitative estimate of drug-likeness (QED) is 0.343. The highest BCUT2D eigenvalue weighted by Gasteiger charge is 2.77. The minimum atomic E-state index is -0.688. The number of hydrogen-bond acceptors (Lipinski definition) is 5. The van der Waals surface area contributed by atoms with Gasteiger partial charge in [0.05, 0.1) is 16.6 Å². The smallest absolute Gasteiger partial charge is 0.251 e. The number of carbonyl (C=O) groups excluding carboxylic acids is 3. The average Bonchev–Trinajstić information content (AvgIpc) is 3.43. The van der Waals surface area contributed by atoms with Crippen LogP contribution in [0.25, 0.3) is 0 Å². The second-order valence-electron chi connectivity index (χ2n) is 11.2. The van der Waals surface area contributed by atoms with Crippen molar-refractivity contribution in [2.45, 2.75) is 62.0 Å². The summed E-state index contributed by atoms with van der Waals surface area (Å²) in [5.74, 6) is -1.34. The zero-order chi connectivity index (χ0) is 27.8. The van der Waals surface area contributed by atoms with Gasteiger partial charge >= 0.3 is 0 Å². The molecule has 7 nitrogen and oxygen atoms in total. The number of likely N-dealkylation sites (N-methyl/N-ethyl adjacent to an activating group) is 1. The molecule has 1 aromatic rings. The molecular weight excluding hydrogens is 498 g/mol. The third-order valence-corrected chi connectivity index (χ3v) is 10.6. The highest BCUT2D eigenvalue weighted by molar-refractivity contribution is 8.02. The van der Waals surface area contributed by atoms with Crippen molar-refractivity contribution in [3.8, 4) is 0 Å². The van der Waals surface area contributed by atoms with Gasteiger partial charge in [-0.05, 0) is 57.6 Å². The molecule has 3 aliphatic rings. The molecule has 1 N–H and O–H groups in total. The van der Waals surface area contributed by atoms with Gasteiger partial charge in [-0.25, -0.2) is 0 Å². The Labute approximate surface area is 230 Å². The number of likely N-dealkylation sites (tertiary alicyclic amines) is 1. The predicted molar refractivity (Wildman–Crippen MR) is 153 cm³/mol. The number of anilines is 1. The van der Waals surface area contributed by atoms with E-state index in [0.29, 0.717) is 38.9 Å². The topological polar surface area (TPSA) is 81.2 Å². The van der Waals surface area contributed by atoms with Gasteiger partial charge in [-0.3, -0.25) is 14.4 Å². The van der Waals surface area contributed by atoms with E-state index >= 15 is 0 Å². The van der Waals surface area contributed by atoms with Crippen LogP contribution in [-0.4, -0.2) is 81.5 Å². The Bertz CT molecular complexity index is 1120. The summed E-state index contributed by atoms with van der Waals surface area (Å²) in [5.41, 5.74) is 2.82. The minimum absolute atomic E-state index is 0.0283. The molecule has 3 amide bonds. The van der Waals surface area contributed by atoms with E-state index in [-0.39, 0.29) is 24.3 Å². The van der Waals surface area contributed by atoms with Gasteiger partial charge in [0.2, 0.25) is 11.8 Å². The number of para-hydroxylation sites is 1. The van der Waals surface area contributed by atoms with Crippen LogP contribution < -0.4 is 4.90 Å². The lowest BCUT2D eigenvalue weighted by Gasteiger charge is -2.38. The van der Waals surface area contributed by atoms with Gasteiger partial charge in [0, 0.05) is 43.7 Å². The molecule has 1 aromatic carbocycles. The summed E-state index contributed by atoms with van der Waals surface area (Å²) in [6, 6.07) is 5.27. The summed E-state index contributed by atoms with van der Waals surface area (Å²) < 4.78 is -1.09. The molecule has 2 bridgehead atoms. The van der Waals surface area contributed by atoms with Crippen molar-refractivity contribution in [2.24, 2.45) is 11.8 Å². The first-order valence-electron chi connectivity index (χ1n) is 13.5. The van der Waals surface area contributed by atoms with Crippen molar-refractivity contribution in [3.05, 3.63) is 54.6 Å². The van der Waals surface area contributed by atoms with Gasteiger partial charge < -0.3 is 19.8 Å². The number of benzene rings is 1. The minimum Gasteiger partial charge on any atom is -0.396 e. The molecule has 0 aliphatic carbocycles. The Hall–Kier alpha value is -2.58. The Morgan fingerprint density at radius 2 is 1.79 bits per heavy atom. The maximum Gasteiger partial charge on any atom is 0.251 e. The van der Waals surface area contributed by atoms with E-state index in [4.69, 9.17) is 0 Å². The maximum atomic E-state index is 14.7. The van der Waals surface area contributed by atoms with Crippen LogP contribution in [-0.2, 0) is 14.4 Å². The number of hydrogen-bond donors (Lipinski definition) is 1. The number of amides is 3. The van der Waals surface area contributed by atoms with Gasteiger partial charge in [-0.2, -0.15) is 0 Å². The molecule has 5 atom stereocenters. The lowest BCUT2D eigenvalue weighted by Crippen LogP contribution is -2.55. The van der Waals surface area contributed by atoms with Crippen LogP contribution in [0.15, 0.2) is 43.5 Å². The standard InChI is InChI=1S/C30H41N3O4S/c1-7-16-31(6)26(35)22-23-27(36)33(18-9-10-19-34)25(30(23)15-14-29(22,5)38-30)28(37)32(17-8-2)24-20(3)12-11-13-21(24)4/h7-8,11-13,22-23,25,34H,1-2,9-10,14-19H2,3-6H3/t22-,23+,25?,29+,30?/m1/s1. The first-order valence-corrected chi connectivity index (χ1v) is 14.4. The molecule has 2 unspecified atom stereocenters. The van der Waals surface area contributed by atoms with Crippen LogP contribution in [0.2, 0.25) is 0 Å². The molecule has 4 rings (SSSR count). The lowest BCUT2D eigenvalue weighted by atomic mass is 9.66. The summed E-state index contributed by atoms with van der Waals surface area (Å²) >= 11 is 1.69. The summed E-state index contributed by atoms with van der Waals surface area (Å²) in [6.45, 7) is 14.9. The second kappa shape index (κ2) is 10.9. The molecule has 3 aliphatic heterocycles. The number of nitrogens with zero attached hydrogens (tertiary/aromatic N) is 3. The molecule has 3 fully saturated rings. The normalized spacial score (nSPS) is 29.3. The first-order chi connectivity index (χ1) is 18.1. The summed E-state index contributed by atoms with van der Waals surface area (Å²) in [7, 11) is 1.75. The zero-order valence-corrected chi connectivity index (χ0v) is 23.9. The number of aryl methyl sites for hydroxylation is 2. The molecular formula is C30H41N3O4S. The SMILES string of the molecule is C=CCN(C)C(=O)[C@H]1[C@H]2C(=O)N(CCCCO)C(C(=O)N(CC=C)c3c(C)cccc3C)C23CC[C@]1(C)S3. The van der Waals surface area contributed by atoms with Gasteiger partial charge in [-0.15, -0.1) is 24.9 Å². The van der Waals surface area contributed by atoms with Crippen LogP contribution >= 0.6 is 11.8 Å². The molecule has 3 saturated heterocycles. The summed E-state index contributed by atoms with van der Waals surface area (Å²) in [4.78, 5) is 47.8. The van der Waals surface area contributed by atoms with Crippen LogP contribution in [0.4, 0.5) is 5.69 Å². The third-order valence-electron chi connectivity index (χ3n) is 8.65. The van der Waals surface area contributed by atoms with Crippen LogP contribution in [0.1, 0.15) is 43.7 Å². The summed E-state index contributed by atoms with van der Waals surface area (Å²) in [6.07, 6.45) is 6.04. The Morgan fingerprint density at radius 1 is 1.13 bits per heavy atom. The van der Waals surface area contributed by atoms with Crippen molar-refractivity contribution in [3.63, 3.8) is 0 Å². The van der Waals surface area contributed by atoms with Crippen LogP contribution in [0.5, 0.6) is 0 Å². The number of rotatable bonds is 11. The van der Waals surface area contributed by atoms with Crippen LogP contribution in [0, 0.1) is 25.7 Å². The van der Waals surface area contributed by atoms with E-state index in [1.54, 1.807) is 45.7 Å². The maximum absolute atomic E-state index is 14.7. The fourth-order valence-corrected chi connectivity index (χ4v) is 9.38. The highest BCUT2D eigenvalue weighted by Crippen LogP contribution is 2.71. The Balaban J connectivity index is 1.82. The zero-order valence-electron chi connectivity index (χ0n) is 23.1. The molecule has 0 radical (unpaired) electrons. The lowest BCUT2D eigenvalue weighted by molar-refractivity contribution is -0.144. The predicted octanol–water partition coefficient (Wildman–Crippen LogP) is 3.72. The second-order valence-corrected chi connectivity index (χ2v) is 13.1. The van der Waals surface area contributed by atoms with Gasteiger partial charge in [-0.1, -0.05) is 30.4 Å². The van der Waals surface area contributed by atoms with Crippen molar-refractivity contribution in [2.75, 3.05) is 38.2 Å². The van der Waals surface area contributed by atoms with Crippen molar-refractivity contribution < 1.29 is 19.5 Å². The average molecular weight is 540 g/mol. The van der Waals surface area contributed by atoms with E-state index in [9.17, 15) is 19.5 Å².